The van der Waals surface area contributed by atoms with E-state index in [0.717, 1.165) is 17.1 Å². The maximum Gasteiger partial charge on any atom is 0.257 e. The molecule has 33 heavy (non-hydrogen) atoms. The van der Waals surface area contributed by atoms with E-state index in [2.05, 4.69) is 5.10 Å². The van der Waals surface area contributed by atoms with Gasteiger partial charge in [0.15, 0.2) is 0 Å². The lowest BCUT2D eigenvalue weighted by Crippen LogP contribution is -2.40. The third-order valence-corrected chi connectivity index (χ3v) is 8.33. The predicted molar refractivity (Wildman–Crippen MR) is 119 cm³/mol. The average molecular weight is 473 g/mol. The Kier molecular flexibility index (Phi) is 5.90. The molecule has 5 rings (SSSR count). The summed E-state index contributed by atoms with van der Waals surface area (Å²) in [5.74, 6) is -0.459. The van der Waals surface area contributed by atoms with Gasteiger partial charge in [-0.2, -0.15) is 9.40 Å². The highest BCUT2D eigenvalue weighted by atomic mass is 32.2. The van der Waals surface area contributed by atoms with Crippen molar-refractivity contribution in [3.63, 3.8) is 0 Å². The first kappa shape index (κ1) is 22.0. The normalized spacial score (nSPS) is 18.6. The fourth-order valence-electron chi connectivity index (χ4n) is 4.56. The number of aromatic nitrogens is 2. The van der Waals surface area contributed by atoms with Crippen LogP contribution in [0.1, 0.15) is 34.7 Å². The van der Waals surface area contributed by atoms with E-state index in [0.29, 0.717) is 57.8 Å². The molecule has 2 aliphatic rings. The Morgan fingerprint density at radius 1 is 1.06 bits per heavy atom. The van der Waals surface area contributed by atoms with Gasteiger partial charge in [-0.1, -0.05) is 6.07 Å². The fraction of sp³-hybridized carbons (Fsp3) is 0.391. The second-order valence-electron chi connectivity index (χ2n) is 8.39. The second-order valence-corrected chi connectivity index (χ2v) is 10.3. The number of sulfonamides is 1. The Bertz CT molecular complexity index is 1280. The van der Waals surface area contributed by atoms with Gasteiger partial charge in [-0.05, 0) is 54.7 Å². The summed E-state index contributed by atoms with van der Waals surface area (Å²) < 4.78 is 47.8. The molecule has 0 N–H and O–H groups in total. The first-order chi connectivity index (χ1) is 15.9. The van der Waals surface area contributed by atoms with Gasteiger partial charge in [0.1, 0.15) is 5.82 Å². The molecular weight excluding hydrogens is 447 g/mol. The lowest BCUT2D eigenvalue weighted by Gasteiger charge is -2.31. The van der Waals surface area contributed by atoms with Crippen LogP contribution in [0.5, 0.6) is 0 Å². The smallest absolute Gasteiger partial charge is 0.257 e. The highest BCUT2D eigenvalue weighted by Crippen LogP contribution is 2.32. The van der Waals surface area contributed by atoms with E-state index in [9.17, 15) is 17.6 Å². The van der Waals surface area contributed by atoms with Crippen LogP contribution in [0.25, 0.3) is 5.52 Å². The SMILES string of the molecule is O=C(c1cnn2ccc(C3CCN(S(=O)(=O)c4cccc(F)c4)CC3)cc12)N1CCOCC1. The number of amides is 1. The Hall–Kier alpha value is -2.82. The monoisotopic (exact) mass is 472 g/mol. The number of fused-ring (bicyclic) bond motifs is 1. The zero-order valence-electron chi connectivity index (χ0n) is 18.1. The average Bonchev–Trinajstić information content (AvgIpc) is 3.27. The number of hydrogen-bond donors (Lipinski definition) is 0. The third-order valence-electron chi connectivity index (χ3n) is 6.43. The fourth-order valence-corrected chi connectivity index (χ4v) is 6.06. The van der Waals surface area contributed by atoms with E-state index in [1.807, 2.05) is 18.3 Å². The van der Waals surface area contributed by atoms with Crippen LogP contribution in [-0.2, 0) is 14.8 Å². The van der Waals surface area contributed by atoms with Gasteiger partial charge in [0.05, 0.1) is 35.4 Å². The lowest BCUT2D eigenvalue weighted by atomic mass is 9.90. The number of hydrogen-bond acceptors (Lipinski definition) is 5. The molecule has 0 atom stereocenters. The maximum atomic E-state index is 13.5. The van der Waals surface area contributed by atoms with Crippen molar-refractivity contribution < 1.29 is 22.3 Å². The predicted octanol–water partition coefficient (Wildman–Crippen LogP) is 2.51. The summed E-state index contributed by atoms with van der Waals surface area (Å²) in [4.78, 5) is 14.8. The molecule has 174 valence electrons. The Labute approximate surface area is 191 Å². The summed E-state index contributed by atoms with van der Waals surface area (Å²) in [5.41, 5.74) is 2.37. The number of piperidine rings is 1. The van der Waals surface area contributed by atoms with Crippen LogP contribution in [-0.4, -0.2) is 72.5 Å². The van der Waals surface area contributed by atoms with E-state index >= 15 is 0 Å². The Morgan fingerprint density at radius 2 is 1.82 bits per heavy atom. The number of pyridine rings is 1. The van der Waals surface area contributed by atoms with Crippen LogP contribution in [0.4, 0.5) is 4.39 Å². The maximum absolute atomic E-state index is 13.5. The van der Waals surface area contributed by atoms with Gasteiger partial charge in [0, 0.05) is 32.4 Å². The first-order valence-corrected chi connectivity index (χ1v) is 12.5. The van der Waals surface area contributed by atoms with Crippen molar-refractivity contribution in [2.24, 2.45) is 0 Å². The number of ether oxygens (including phenoxy) is 1. The van der Waals surface area contributed by atoms with Crippen LogP contribution in [0.15, 0.2) is 53.7 Å². The number of rotatable bonds is 4. The standard InChI is InChI=1S/C23H25FN4O4S/c24-19-2-1-3-20(15-19)33(30,31)27-7-4-17(5-8-27)18-6-9-28-22(14-18)21(16-25-28)23(29)26-10-12-32-13-11-26/h1-3,6,9,14-17H,4-5,7-8,10-13H2. The van der Waals surface area contributed by atoms with Crippen LogP contribution in [0, 0.1) is 5.82 Å². The molecule has 10 heteroatoms. The minimum Gasteiger partial charge on any atom is -0.378 e. The number of nitrogens with zero attached hydrogens (tertiary/aromatic N) is 4. The lowest BCUT2D eigenvalue weighted by molar-refractivity contribution is 0.0304. The molecule has 0 unspecified atom stereocenters. The number of carbonyl (C=O) groups excluding carboxylic acids is 1. The van der Waals surface area contributed by atoms with Gasteiger partial charge in [-0.25, -0.2) is 17.3 Å². The zero-order chi connectivity index (χ0) is 23.0. The molecule has 0 saturated carbocycles. The minimum absolute atomic E-state index is 0.0205. The summed E-state index contributed by atoms with van der Waals surface area (Å²) in [6, 6.07) is 9.08. The van der Waals surface area contributed by atoms with Crippen LogP contribution in [0.2, 0.25) is 0 Å². The Balaban J connectivity index is 1.33. The molecule has 2 saturated heterocycles. The van der Waals surface area contributed by atoms with E-state index in [-0.39, 0.29) is 16.7 Å². The molecule has 8 nitrogen and oxygen atoms in total. The Morgan fingerprint density at radius 3 is 2.55 bits per heavy atom. The minimum atomic E-state index is -3.73. The van der Waals surface area contributed by atoms with Crippen LogP contribution < -0.4 is 0 Å². The molecule has 0 spiro atoms. The zero-order valence-corrected chi connectivity index (χ0v) is 18.9. The van der Waals surface area contributed by atoms with Crippen molar-refractivity contribution in [1.82, 2.24) is 18.8 Å². The third kappa shape index (κ3) is 4.25. The van der Waals surface area contributed by atoms with Gasteiger partial charge in [-0.3, -0.25) is 4.79 Å². The molecule has 0 bridgehead atoms. The van der Waals surface area contributed by atoms with E-state index in [4.69, 9.17) is 4.74 Å². The van der Waals surface area contributed by atoms with Gasteiger partial charge < -0.3 is 9.64 Å². The van der Waals surface area contributed by atoms with Crippen molar-refractivity contribution in [2.45, 2.75) is 23.7 Å². The molecule has 3 aromatic rings. The van der Waals surface area contributed by atoms with E-state index in [1.54, 1.807) is 15.6 Å². The van der Waals surface area contributed by atoms with Crippen LogP contribution in [0.3, 0.4) is 0 Å². The summed E-state index contributed by atoms with van der Waals surface area (Å²) in [5, 5.41) is 4.33. The van der Waals surface area contributed by atoms with Crippen molar-refractivity contribution in [1.29, 1.82) is 0 Å². The highest BCUT2D eigenvalue weighted by molar-refractivity contribution is 7.89. The topological polar surface area (TPSA) is 84.2 Å². The number of morpholine rings is 1. The van der Waals surface area contributed by atoms with Gasteiger partial charge >= 0.3 is 0 Å². The van der Waals surface area contributed by atoms with Crippen molar-refractivity contribution in [2.75, 3.05) is 39.4 Å². The molecular formula is C23H25FN4O4S. The largest absolute Gasteiger partial charge is 0.378 e. The summed E-state index contributed by atoms with van der Waals surface area (Å²) in [6.07, 6.45) is 4.74. The number of carbonyl (C=O) groups is 1. The number of halogens is 1. The van der Waals surface area contributed by atoms with E-state index < -0.39 is 15.8 Å². The molecule has 2 aliphatic heterocycles. The number of benzene rings is 1. The van der Waals surface area contributed by atoms with E-state index in [1.165, 1.54) is 22.5 Å². The van der Waals surface area contributed by atoms with Gasteiger partial charge in [-0.15, -0.1) is 0 Å². The molecule has 2 aromatic heterocycles. The first-order valence-electron chi connectivity index (χ1n) is 11.0. The molecule has 2 fully saturated rings. The van der Waals surface area contributed by atoms with Crippen LogP contribution >= 0.6 is 0 Å². The summed E-state index contributed by atoms with van der Waals surface area (Å²) in [7, 11) is -3.73. The summed E-state index contributed by atoms with van der Waals surface area (Å²) >= 11 is 0. The van der Waals surface area contributed by atoms with Gasteiger partial charge in [0.2, 0.25) is 10.0 Å². The molecule has 0 aliphatic carbocycles. The molecule has 0 radical (unpaired) electrons. The van der Waals surface area contributed by atoms with Crippen molar-refractivity contribution in [3.8, 4) is 0 Å². The molecule has 4 heterocycles. The van der Waals surface area contributed by atoms with Crippen molar-refractivity contribution in [3.05, 3.63) is 65.7 Å². The quantitative estimate of drug-likeness (QED) is 0.583. The summed E-state index contributed by atoms with van der Waals surface area (Å²) in [6.45, 7) is 2.91. The van der Waals surface area contributed by atoms with Gasteiger partial charge in [0.25, 0.3) is 5.91 Å². The highest BCUT2D eigenvalue weighted by Gasteiger charge is 2.30. The van der Waals surface area contributed by atoms with Crippen molar-refractivity contribution >= 4 is 21.4 Å². The molecule has 1 amide bonds. The second kappa shape index (κ2) is 8.85. The molecule has 1 aromatic carbocycles.